The third-order valence-corrected chi connectivity index (χ3v) is 5.21. The average molecular weight is 350 g/mol. The molecule has 1 nitrogen and oxygen atoms in total. The molecule has 0 aliphatic heterocycles. The summed E-state index contributed by atoms with van der Waals surface area (Å²) in [4.78, 5) is 1.15. The van der Waals surface area contributed by atoms with Crippen molar-refractivity contribution in [1.82, 2.24) is 0 Å². The summed E-state index contributed by atoms with van der Waals surface area (Å²) in [6.07, 6.45) is 1.10. The minimum Gasteiger partial charge on any atom is -0.274 e. The van der Waals surface area contributed by atoms with E-state index < -0.39 is 0 Å². The first-order valence-corrected chi connectivity index (χ1v) is 9.52. The van der Waals surface area contributed by atoms with Crippen molar-refractivity contribution in [3.8, 4) is 11.1 Å². The van der Waals surface area contributed by atoms with Gasteiger partial charge in [0.05, 0.1) is 0 Å². The first-order valence-electron chi connectivity index (χ1n) is 8.64. The van der Waals surface area contributed by atoms with Gasteiger partial charge in [-0.3, -0.25) is 5.14 Å². The molecular formula is C23H27NS. The summed E-state index contributed by atoms with van der Waals surface area (Å²) < 4.78 is 0. The van der Waals surface area contributed by atoms with E-state index in [-0.39, 0.29) is 0 Å². The summed E-state index contributed by atoms with van der Waals surface area (Å²) in [7, 11) is 0. The first kappa shape index (κ1) is 19.3. The molecule has 0 atom stereocenters. The van der Waals surface area contributed by atoms with Gasteiger partial charge in [-0.2, -0.15) is 0 Å². The molecule has 0 heterocycles. The summed E-state index contributed by atoms with van der Waals surface area (Å²) in [6.45, 7) is 8.60. The third kappa shape index (κ3) is 5.22. The number of nitrogens with two attached hydrogens (primary N) is 1. The molecule has 0 saturated carbocycles. The highest BCUT2D eigenvalue weighted by atomic mass is 32.2. The quantitative estimate of drug-likeness (QED) is 0.547. The largest absolute Gasteiger partial charge is 0.274 e. The summed E-state index contributed by atoms with van der Waals surface area (Å²) in [6, 6.07) is 23.4. The van der Waals surface area contributed by atoms with Gasteiger partial charge < -0.3 is 0 Å². The first-order chi connectivity index (χ1) is 12.1. The van der Waals surface area contributed by atoms with Crippen LogP contribution in [0.4, 0.5) is 0 Å². The molecule has 0 fully saturated rings. The summed E-state index contributed by atoms with van der Waals surface area (Å²) >= 11 is 1.30. The van der Waals surface area contributed by atoms with E-state index in [1.807, 2.05) is 18.2 Å². The van der Waals surface area contributed by atoms with Crippen LogP contribution in [0.2, 0.25) is 0 Å². The summed E-state index contributed by atoms with van der Waals surface area (Å²) in [5.74, 6) is 0. The van der Waals surface area contributed by atoms with E-state index >= 15 is 0 Å². The molecule has 0 radical (unpaired) electrons. The Hall–Kier alpha value is -2.03. The van der Waals surface area contributed by atoms with Crippen LogP contribution in [0, 0.1) is 20.8 Å². The molecule has 3 aromatic rings. The topological polar surface area (TPSA) is 26.0 Å². The number of benzene rings is 3. The van der Waals surface area contributed by atoms with Crippen LogP contribution in [-0.4, -0.2) is 0 Å². The molecule has 0 unspecified atom stereocenters. The number of rotatable bonds is 3. The van der Waals surface area contributed by atoms with Gasteiger partial charge in [-0.1, -0.05) is 67.6 Å². The fourth-order valence-electron chi connectivity index (χ4n) is 2.67. The van der Waals surface area contributed by atoms with Crippen LogP contribution in [0.15, 0.2) is 71.6 Å². The van der Waals surface area contributed by atoms with Crippen LogP contribution in [0.5, 0.6) is 0 Å². The van der Waals surface area contributed by atoms with Gasteiger partial charge in [-0.05, 0) is 78.6 Å². The van der Waals surface area contributed by atoms with E-state index in [4.69, 9.17) is 5.14 Å². The standard InChI is InChI=1S/C16H18.C7H9NS/c1-4-14-8-10-15(11-9-14)16-7-5-6-12(2)13(16)3;1-6-4-2-3-5-7(6)9-8/h5-11H,4H2,1-3H3;2-5H,8H2,1H3. The molecule has 3 aromatic carbocycles. The molecule has 0 amide bonds. The fourth-order valence-corrected chi connectivity index (χ4v) is 3.08. The smallest absolute Gasteiger partial charge is 0.0255 e. The second-order valence-corrected chi connectivity index (χ2v) is 6.86. The van der Waals surface area contributed by atoms with Crippen LogP contribution in [0.25, 0.3) is 11.1 Å². The van der Waals surface area contributed by atoms with Gasteiger partial charge in [0.1, 0.15) is 0 Å². The van der Waals surface area contributed by atoms with E-state index in [0.29, 0.717) is 0 Å². The normalized spacial score (nSPS) is 10.1. The van der Waals surface area contributed by atoms with Crippen molar-refractivity contribution >= 4 is 11.9 Å². The Morgan fingerprint density at radius 2 is 1.40 bits per heavy atom. The van der Waals surface area contributed by atoms with Crippen LogP contribution >= 0.6 is 11.9 Å². The van der Waals surface area contributed by atoms with Crippen LogP contribution in [-0.2, 0) is 6.42 Å². The maximum Gasteiger partial charge on any atom is 0.0255 e. The molecule has 0 spiro atoms. The van der Waals surface area contributed by atoms with E-state index in [1.165, 1.54) is 45.3 Å². The second kappa shape index (κ2) is 9.45. The van der Waals surface area contributed by atoms with Crippen molar-refractivity contribution in [3.05, 3.63) is 89.0 Å². The maximum atomic E-state index is 5.37. The maximum absolute atomic E-state index is 5.37. The Bertz CT molecular complexity index is 807. The minimum absolute atomic E-state index is 1.10. The number of aryl methyl sites for hydroxylation is 3. The highest BCUT2D eigenvalue weighted by molar-refractivity contribution is 7.97. The zero-order valence-corrected chi connectivity index (χ0v) is 16.4. The predicted octanol–water partition coefficient (Wildman–Crippen LogP) is 6.49. The molecule has 0 bridgehead atoms. The zero-order valence-electron chi connectivity index (χ0n) is 15.5. The van der Waals surface area contributed by atoms with Crippen LogP contribution in [0.3, 0.4) is 0 Å². The van der Waals surface area contributed by atoms with E-state index in [0.717, 1.165) is 11.3 Å². The lowest BCUT2D eigenvalue weighted by Crippen LogP contribution is -1.87. The predicted molar refractivity (Wildman–Crippen MR) is 112 cm³/mol. The molecule has 2 N–H and O–H groups in total. The van der Waals surface area contributed by atoms with Gasteiger partial charge in [-0.15, -0.1) is 0 Å². The van der Waals surface area contributed by atoms with Gasteiger partial charge >= 0.3 is 0 Å². The lowest BCUT2D eigenvalue weighted by Gasteiger charge is -2.09. The lowest BCUT2D eigenvalue weighted by atomic mass is 9.96. The number of hydrogen-bond acceptors (Lipinski definition) is 2. The molecule has 0 saturated heterocycles. The Morgan fingerprint density at radius 3 is 1.96 bits per heavy atom. The highest BCUT2D eigenvalue weighted by Gasteiger charge is 2.03. The molecule has 0 aliphatic rings. The van der Waals surface area contributed by atoms with Crippen LogP contribution < -0.4 is 5.14 Å². The molecular weight excluding hydrogens is 322 g/mol. The Morgan fingerprint density at radius 1 is 0.760 bits per heavy atom. The van der Waals surface area contributed by atoms with E-state index in [9.17, 15) is 0 Å². The zero-order chi connectivity index (χ0) is 18.2. The van der Waals surface area contributed by atoms with Crippen molar-refractivity contribution < 1.29 is 0 Å². The SMILES string of the molecule is CCc1ccc(-c2cccc(C)c2C)cc1.Cc1ccccc1SN. The summed E-state index contributed by atoms with van der Waals surface area (Å²) in [5.41, 5.74) is 8.05. The van der Waals surface area contributed by atoms with Crippen molar-refractivity contribution in [2.45, 2.75) is 39.0 Å². The monoisotopic (exact) mass is 349 g/mol. The number of hydrogen-bond donors (Lipinski definition) is 1. The lowest BCUT2D eigenvalue weighted by molar-refractivity contribution is 1.14. The van der Waals surface area contributed by atoms with Gasteiger partial charge in [0.25, 0.3) is 0 Å². The molecule has 130 valence electrons. The molecule has 0 aliphatic carbocycles. The van der Waals surface area contributed by atoms with Crippen molar-refractivity contribution in [2.75, 3.05) is 0 Å². The summed E-state index contributed by atoms with van der Waals surface area (Å²) in [5, 5.41) is 5.37. The van der Waals surface area contributed by atoms with E-state index in [2.05, 4.69) is 76.2 Å². The molecule has 0 aromatic heterocycles. The third-order valence-electron chi connectivity index (χ3n) is 4.50. The van der Waals surface area contributed by atoms with Crippen molar-refractivity contribution in [3.63, 3.8) is 0 Å². The van der Waals surface area contributed by atoms with Gasteiger partial charge in [0.15, 0.2) is 0 Å². The Balaban J connectivity index is 0.000000212. The second-order valence-electron chi connectivity index (χ2n) is 6.18. The Labute approximate surface area is 156 Å². The van der Waals surface area contributed by atoms with Gasteiger partial charge in [-0.25, -0.2) is 0 Å². The van der Waals surface area contributed by atoms with E-state index in [1.54, 1.807) is 0 Å². The van der Waals surface area contributed by atoms with Gasteiger partial charge in [0, 0.05) is 4.90 Å². The van der Waals surface area contributed by atoms with Crippen molar-refractivity contribution in [1.29, 1.82) is 0 Å². The van der Waals surface area contributed by atoms with Gasteiger partial charge in [0.2, 0.25) is 0 Å². The highest BCUT2D eigenvalue weighted by Crippen LogP contribution is 2.25. The molecule has 25 heavy (non-hydrogen) atoms. The fraction of sp³-hybridized carbons (Fsp3) is 0.217. The molecule has 2 heteroatoms. The average Bonchev–Trinajstić information content (AvgIpc) is 2.65. The molecule has 3 rings (SSSR count). The minimum atomic E-state index is 1.10. The van der Waals surface area contributed by atoms with Crippen molar-refractivity contribution in [2.24, 2.45) is 5.14 Å². The Kier molecular flexibility index (Phi) is 7.30. The van der Waals surface area contributed by atoms with Crippen LogP contribution in [0.1, 0.15) is 29.2 Å².